The lowest BCUT2D eigenvalue weighted by Gasteiger charge is -2.12. The van der Waals surface area contributed by atoms with E-state index in [1.165, 1.54) is 18.4 Å². The van der Waals surface area contributed by atoms with Gasteiger partial charge in [-0.15, -0.1) is 0 Å². The second-order valence-corrected chi connectivity index (χ2v) is 4.87. The van der Waals surface area contributed by atoms with E-state index in [-0.39, 0.29) is 0 Å². The zero-order chi connectivity index (χ0) is 12.9. The lowest BCUT2D eigenvalue weighted by Crippen LogP contribution is -2.28. The fraction of sp³-hybridized carbons (Fsp3) is 0.312. The molecule has 0 aliphatic carbocycles. The Morgan fingerprint density at radius 3 is 2.74 bits per heavy atom. The van der Waals surface area contributed by atoms with E-state index < -0.39 is 0 Å². The van der Waals surface area contributed by atoms with Gasteiger partial charge in [-0.2, -0.15) is 0 Å². The normalized spacial score (nSPS) is 18.4. The molecule has 1 aromatic carbocycles. The molecule has 1 aromatic heterocycles. The second-order valence-electron chi connectivity index (χ2n) is 4.87. The molecule has 2 heterocycles. The first kappa shape index (κ1) is 12.2. The van der Waals surface area contributed by atoms with E-state index in [1.54, 1.807) is 6.20 Å². The van der Waals surface area contributed by atoms with E-state index in [0.717, 1.165) is 24.5 Å². The van der Waals surface area contributed by atoms with Crippen LogP contribution in [0.3, 0.4) is 0 Å². The van der Waals surface area contributed by atoms with Gasteiger partial charge in [0.15, 0.2) is 0 Å². The molecule has 3 nitrogen and oxygen atoms in total. The maximum Gasteiger partial charge on any atom is 0.119 e. The monoisotopic (exact) mass is 254 g/mol. The first-order valence-electron chi connectivity index (χ1n) is 6.78. The van der Waals surface area contributed by atoms with Crippen molar-refractivity contribution in [1.29, 1.82) is 0 Å². The number of nitrogens with one attached hydrogen (secondary N) is 1. The summed E-state index contributed by atoms with van der Waals surface area (Å²) in [5.74, 6) is 0.932. The number of rotatable bonds is 4. The molecule has 3 heteroatoms. The van der Waals surface area contributed by atoms with Gasteiger partial charge in [-0.05, 0) is 48.7 Å². The summed E-state index contributed by atoms with van der Waals surface area (Å²) in [6.07, 6.45) is 6.13. The Morgan fingerprint density at radius 1 is 1.16 bits per heavy atom. The van der Waals surface area contributed by atoms with Gasteiger partial charge >= 0.3 is 0 Å². The summed E-state index contributed by atoms with van der Waals surface area (Å²) in [4.78, 5) is 4.13. The average Bonchev–Trinajstić information content (AvgIpc) is 3.00. The Morgan fingerprint density at radius 2 is 2.05 bits per heavy atom. The maximum absolute atomic E-state index is 5.80. The molecule has 98 valence electrons. The van der Waals surface area contributed by atoms with Crippen molar-refractivity contribution in [1.82, 2.24) is 10.3 Å². The summed E-state index contributed by atoms with van der Waals surface area (Å²) >= 11 is 0. The smallest absolute Gasteiger partial charge is 0.119 e. The van der Waals surface area contributed by atoms with Crippen molar-refractivity contribution >= 4 is 0 Å². The van der Waals surface area contributed by atoms with Crippen LogP contribution in [0.5, 0.6) is 5.75 Å². The van der Waals surface area contributed by atoms with E-state index in [1.807, 2.05) is 24.4 Å². The molecule has 1 N–H and O–H groups in total. The molecular formula is C16H18N2O. The average molecular weight is 254 g/mol. The molecular weight excluding hydrogens is 236 g/mol. The number of hydrogen-bond donors (Lipinski definition) is 1. The first-order valence-corrected chi connectivity index (χ1v) is 6.78. The van der Waals surface area contributed by atoms with Crippen molar-refractivity contribution in [2.24, 2.45) is 0 Å². The van der Waals surface area contributed by atoms with Gasteiger partial charge in [0.25, 0.3) is 0 Å². The highest BCUT2D eigenvalue weighted by atomic mass is 16.5. The SMILES string of the molecule is c1cncc(-c2ccc(OCC3CCCN3)cc2)c1. The van der Waals surface area contributed by atoms with Crippen LogP contribution >= 0.6 is 0 Å². The molecule has 0 saturated carbocycles. The topological polar surface area (TPSA) is 34.1 Å². The van der Waals surface area contributed by atoms with Gasteiger partial charge in [0.05, 0.1) is 0 Å². The van der Waals surface area contributed by atoms with Crippen LogP contribution in [0.25, 0.3) is 11.1 Å². The largest absolute Gasteiger partial charge is 0.492 e. The van der Waals surface area contributed by atoms with Gasteiger partial charge in [-0.25, -0.2) is 0 Å². The van der Waals surface area contributed by atoms with Crippen LogP contribution in [0, 0.1) is 0 Å². The summed E-state index contributed by atoms with van der Waals surface area (Å²) in [5, 5.41) is 3.43. The van der Waals surface area contributed by atoms with Crippen LogP contribution in [-0.4, -0.2) is 24.2 Å². The lowest BCUT2D eigenvalue weighted by molar-refractivity contribution is 0.277. The number of aromatic nitrogens is 1. The number of nitrogens with zero attached hydrogens (tertiary/aromatic N) is 1. The Balaban J connectivity index is 1.62. The predicted molar refractivity (Wildman–Crippen MR) is 76.2 cm³/mol. The molecule has 1 fully saturated rings. The Bertz CT molecular complexity index is 504. The van der Waals surface area contributed by atoms with Crippen LogP contribution < -0.4 is 10.1 Å². The molecule has 3 rings (SSSR count). The molecule has 19 heavy (non-hydrogen) atoms. The molecule has 0 bridgehead atoms. The van der Waals surface area contributed by atoms with Crippen LogP contribution in [0.2, 0.25) is 0 Å². The Hall–Kier alpha value is -1.87. The molecule has 1 atom stereocenters. The highest BCUT2D eigenvalue weighted by Crippen LogP contribution is 2.21. The summed E-state index contributed by atoms with van der Waals surface area (Å²) in [7, 11) is 0. The second kappa shape index (κ2) is 5.85. The third kappa shape index (κ3) is 3.12. The molecule has 1 aliphatic heterocycles. The number of hydrogen-bond acceptors (Lipinski definition) is 3. The summed E-state index contributed by atoms with van der Waals surface area (Å²) in [6.45, 7) is 1.88. The van der Waals surface area contributed by atoms with E-state index >= 15 is 0 Å². The molecule has 0 amide bonds. The van der Waals surface area contributed by atoms with Gasteiger partial charge in [0.1, 0.15) is 12.4 Å². The van der Waals surface area contributed by atoms with Crippen LogP contribution in [0.15, 0.2) is 48.8 Å². The number of pyridine rings is 1. The molecule has 0 radical (unpaired) electrons. The highest BCUT2D eigenvalue weighted by Gasteiger charge is 2.14. The quantitative estimate of drug-likeness (QED) is 0.911. The van der Waals surface area contributed by atoms with Gasteiger partial charge in [0.2, 0.25) is 0 Å². The van der Waals surface area contributed by atoms with Gasteiger partial charge in [-0.3, -0.25) is 4.98 Å². The minimum absolute atomic E-state index is 0.512. The summed E-state index contributed by atoms with van der Waals surface area (Å²) in [5.41, 5.74) is 2.30. The van der Waals surface area contributed by atoms with E-state index in [0.29, 0.717) is 6.04 Å². The van der Waals surface area contributed by atoms with Crippen molar-refractivity contribution in [3.05, 3.63) is 48.8 Å². The Labute approximate surface area is 113 Å². The van der Waals surface area contributed by atoms with Crippen molar-refractivity contribution in [3.8, 4) is 16.9 Å². The van der Waals surface area contributed by atoms with Crippen molar-refractivity contribution in [3.63, 3.8) is 0 Å². The van der Waals surface area contributed by atoms with Gasteiger partial charge in [0, 0.05) is 18.4 Å². The number of ether oxygens (including phenoxy) is 1. The summed E-state index contributed by atoms with van der Waals surface area (Å²) in [6, 6.07) is 12.7. The minimum Gasteiger partial charge on any atom is -0.492 e. The van der Waals surface area contributed by atoms with Crippen LogP contribution in [-0.2, 0) is 0 Å². The number of benzene rings is 1. The molecule has 1 unspecified atom stereocenters. The van der Waals surface area contributed by atoms with Crippen molar-refractivity contribution in [2.45, 2.75) is 18.9 Å². The zero-order valence-corrected chi connectivity index (χ0v) is 10.9. The minimum atomic E-state index is 0.512. The molecule has 1 aliphatic rings. The van der Waals surface area contributed by atoms with Crippen LogP contribution in [0.4, 0.5) is 0 Å². The first-order chi connectivity index (χ1) is 9.42. The molecule has 1 saturated heterocycles. The molecule has 0 spiro atoms. The molecule has 2 aromatic rings. The maximum atomic E-state index is 5.80. The predicted octanol–water partition coefficient (Wildman–Crippen LogP) is 2.88. The third-order valence-corrected chi connectivity index (χ3v) is 3.46. The van der Waals surface area contributed by atoms with E-state index in [4.69, 9.17) is 4.74 Å². The van der Waals surface area contributed by atoms with Crippen LogP contribution in [0.1, 0.15) is 12.8 Å². The standard InChI is InChI=1S/C16H18N2O/c1-3-14(11-17-9-1)13-5-7-16(8-6-13)19-12-15-4-2-10-18-15/h1,3,5-9,11,15,18H,2,4,10,12H2. The van der Waals surface area contributed by atoms with Gasteiger partial charge in [-0.1, -0.05) is 18.2 Å². The fourth-order valence-corrected chi connectivity index (χ4v) is 2.37. The van der Waals surface area contributed by atoms with E-state index in [2.05, 4.69) is 28.5 Å². The zero-order valence-electron chi connectivity index (χ0n) is 10.9. The van der Waals surface area contributed by atoms with Gasteiger partial charge < -0.3 is 10.1 Å². The fourth-order valence-electron chi connectivity index (χ4n) is 2.37. The van der Waals surface area contributed by atoms with Crippen molar-refractivity contribution < 1.29 is 4.74 Å². The third-order valence-electron chi connectivity index (χ3n) is 3.46. The van der Waals surface area contributed by atoms with E-state index in [9.17, 15) is 0 Å². The van der Waals surface area contributed by atoms with Crippen molar-refractivity contribution in [2.75, 3.05) is 13.2 Å². The lowest BCUT2D eigenvalue weighted by atomic mass is 10.1. The Kier molecular flexibility index (Phi) is 3.75. The highest BCUT2D eigenvalue weighted by molar-refractivity contribution is 5.62. The summed E-state index contributed by atoms with van der Waals surface area (Å²) < 4.78 is 5.80.